The molecule has 1 aromatic heterocycles. The lowest BCUT2D eigenvalue weighted by Crippen LogP contribution is -2.07. The second kappa shape index (κ2) is 5.67. The van der Waals surface area contributed by atoms with Gasteiger partial charge >= 0.3 is 11.8 Å². The summed E-state index contributed by atoms with van der Waals surface area (Å²) in [5, 5.41) is 14.8. The monoisotopic (exact) mass is 259 g/mol. The highest BCUT2D eigenvalue weighted by Crippen LogP contribution is 2.31. The van der Waals surface area contributed by atoms with Gasteiger partial charge in [0.15, 0.2) is 0 Å². The van der Waals surface area contributed by atoms with E-state index in [1.807, 2.05) is 0 Å². The van der Waals surface area contributed by atoms with Crippen molar-refractivity contribution in [2.75, 3.05) is 12.4 Å². The zero-order valence-electron chi connectivity index (χ0n) is 9.80. The molecule has 1 rings (SSSR count). The van der Waals surface area contributed by atoms with Crippen molar-refractivity contribution in [3.63, 3.8) is 0 Å². The van der Waals surface area contributed by atoms with Gasteiger partial charge in [0.2, 0.25) is 0 Å². The van der Waals surface area contributed by atoms with Crippen molar-refractivity contribution in [2.45, 2.75) is 18.7 Å². The Labute approximate surface area is 102 Å². The van der Waals surface area contributed by atoms with Crippen LogP contribution in [0.15, 0.2) is 4.90 Å². The van der Waals surface area contributed by atoms with Gasteiger partial charge in [-0.1, -0.05) is 5.10 Å². The molecule has 94 valence electrons. The van der Waals surface area contributed by atoms with Gasteiger partial charge in [-0.15, -0.1) is 16.4 Å². The van der Waals surface area contributed by atoms with E-state index in [4.69, 9.17) is 4.74 Å². The minimum absolute atomic E-state index is 0.0429. The third-order valence-electron chi connectivity index (χ3n) is 1.95. The fourth-order valence-corrected chi connectivity index (χ4v) is 2.26. The number of hydrogen-bond acceptors (Lipinski definition) is 6. The number of nitrogens with zero attached hydrogens (tertiary/aromatic N) is 3. The summed E-state index contributed by atoms with van der Waals surface area (Å²) in [4.78, 5) is 21.9. The molecule has 0 unspecified atom stereocenters. The first kappa shape index (κ1) is 13.5. The molecule has 0 bridgehead atoms. The maximum Gasteiger partial charge on any atom is 0.358 e. The Morgan fingerprint density at radius 1 is 1.65 bits per heavy atom. The van der Waals surface area contributed by atoms with Gasteiger partial charge in [0, 0.05) is 0 Å². The summed E-state index contributed by atoms with van der Waals surface area (Å²) in [6.07, 6.45) is 0. The molecule has 0 saturated heterocycles. The second-order valence-corrected chi connectivity index (χ2v) is 4.20. The van der Waals surface area contributed by atoms with Gasteiger partial charge in [0.25, 0.3) is 0 Å². The van der Waals surface area contributed by atoms with E-state index in [0.29, 0.717) is 17.2 Å². The van der Waals surface area contributed by atoms with Crippen LogP contribution < -0.4 is 0 Å². The largest absolute Gasteiger partial charge is 0.465 e. The van der Waals surface area contributed by atoms with Gasteiger partial charge in [0.05, 0.1) is 12.4 Å². The molecule has 7 nitrogen and oxygen atoms in total. The number of hydrogen-bond donors (Lipinski definition) is 0. The van der Waals surface area contributed by atoms with E-state index >= 15 is 0 Å². The summed E-state index contributed by atoms with van der Waals surface area (Å²) in [5.74, 6) is -0.451. The van der Waals surface area contributed by atoms with Gasteiger partial charge in [-0.3, -0.25) is 4.79 Å². The lowest BCUT2D eigenvalue weighted by molar-refractivity contribution is -0.395. The SMILES string of the molecule is CCOC(=O)CSc1c(C)nn(C)c1[N+](=O)[O-]. The minimum Gasteiger partial charge on any atom is -0.465 e. The lowest BCUT2D eigenvalue weighted by atomic mass is 10.5. The Morgan fingerprint density at radius 2 is 2.29 bits per heavy atom. The molecule has 17 heavy (non-hydrogen) atoms. The van der Waals surface area contributed by atoms with Crippen molar-refractivity contribution in [1.82, 2.24) is 9.78 Å². The topological polar surface area (TPSA) is 87.3 Å². The van der Waals surface area contributed by atoms with Crippen molar-refractivity contribution in [1.29, 1.82) is 0 Å². The van der Waals surface area contributed by atoms with Crippen LogP contribution >= 0.6 is 11.8 Å². The van der Waals surface area contributed by atoms with Crippen LogP contribution in [0.4, 0.5) is 5.82 Å². The number of aromatic nitrogens is 2. The third kappa shape index (κ3) is 3.19. The van der Waals surface area contributed by atoms with E-state index in [1.54, 1.807) is 13.8 Å². The Balaban J connectivity index is 2.83. The molecule has 1 heterocycles. The molecule has 0 spiro atoms. The van der Waals surface area contributed by atoms with Crippen molar-refractivity contribution < 1.29 is 14.5 Å². The van der Waals surface area contributed by atoms with E-state index in [-0.39, 0.29) is 11.6 Å². The number of carbonyl (C=O) groups excluding carboxylic acids is 1. The predicted octanol–water partition coefficient (Wildman–Crippen LogP) is 1.29. The number of rotatable bonds is 5. The molecule has 0 aliphatic heterocycles. The molecule has 0 aliphatic rings. The van der Waals surface area contributed by atoms with E-state index in [2.05, 4.69) is 5.10 Å². The predicted molar refractivity (Wildman–Crippen MR) is 62.0 cm³/mol. The van der Waals surface area contributed by atoms with Crippen molar-refractivity contribution >= 4 is 23.5 Å². The highest BCUT2D eigenvalue weighted by atomic mass is 32.2. The summed E-state index contributed by atoms with van der Waals surface area (Å²) < 4.78 is 5.95. The summed E-state index contributed by atoms with van der Waals surface area (Å²) in [6, 6.07) is 0. The van der Waals surface area contributed by atoms with Gasteiger partial charge in [-0.05, 0) is 18.8 Å². The van der Waals surface area contributed by atoms with Crippen LogP contribution in [0.5, 0.6) is 0 Å². The molecule has 0 atom stereocenters. The number of ether oxygens (including phenoxy) is 1. The standard InChI is InChI=1S/C9H13N3O4S/c1-4-16-7(13)5-17-8-6(2)10-11(3)9(8)12(14)15/h4-5H2,1-3H3. The molecule has 0 fully saturated rings. The highest BCUT2D eigenvalue weighted by Gasteiger charge is 2.24. The van der Waals surface area contributed by atoms with E-state index in [9.17, 15) is 14.9 Å². The van der Waals surface area contributed by atoms with Crippen molar-refractivity contribution in [2.24, 2.45) is 7.05 Å². The fraction of sp³-hybridized carbons (Fsp3) is 0.556. The number of carbonyl (C=O) groups is 1. The van der Waals surface area contributed by atoms with Crippen LogP contribution in [-0.4, -0.2) is 33.0 Å². The molecule has 0 saturated carbocycles. The van der Waals surface area contributed by atoms with Gasteiger partial charge in [-0.25, -0.2) is 0 Å². The van der Waals surface area contributed by atoms with Crippen LogP contribution in [0.3, 0.4) is 0 Å². The molecule has 8 heteroatoms. The summed E-state index contributed by atoms with van der Waals surface area (Å²) >= 11 is 1.07. The van der Waals surface area contributed by atoms with Gasteiger partial charge in [-0.2, -0.15) is 0 Å². The summed E-state index contributed by atoms with van der Waals surface area (Å²) in [5.41, 5.74) is 0.536. The quantitative estimate of drug-likeness (QED) is 0.343. The van der Waals surface area contributed by atoms with Crippen LogP contribution in [-0.2, 0) is 16.6 Å². The molecule has 0 N–H and O–H groups in total. The molecule has 0 aliphatic carbocycles. The average Bonchev–Trinajstić information content (AvgIpc) is 2.50. The first-order valence-corrected chi connectivity index (χ1v) is 5.92. The molecule has 1 aromatic rings. The molecule has 0 amide bonds. The second-order valence-electron chi connectivity index (χ2n) is 3.21. The zero-order valence-corrected chi connectivity index (χ0v) is 10.6. The first-order valence-electron chi connectivity index (χ1n) is 4.93. The Morgan fingerprint density at radius 3 is 2.82 bits per heavy atom. The maximum atomic E-state index is 11.2. The number of nitro groups is 1. The molecule has 0 aromatic carbocycles. The lowest BCUT2D eigenvalue weighted by Gasteiger charge is -2.01. The van der Waals surface area contributed by atoms with Crippen LogP contribution in [0.2, 0.25) is 0 Å². The van der Waals surface area contributed by atoms with Gasteiger partial charge in [0.1, 0.15) is 17.6 Å². The van der Waals surface area contributed by atoms with E-state index in [1.165, 1.54) is 11.7 Å². The van der Waals surface area contributed by atoms with Crippen molar-refractivity contribution in [3.05, 3.63) is 15.8 Å². The number of thioether (sulfide) groups is 1. The number of aryl methyl sites for hydroxylation is 2. The Kier molecular flexibility index (Phi) is 4.50. The fourth-order valence-electron chi connectivity index (χ4n) is 1.33. The molecular formula is C9H13N3O4S. The van der Waals surface area contributed by atoms with E-state index in [0.717, 1.165) is 11.8 Å². The average molecular weight is 259 g/mol. The molecule has 0 radical (unpaired) electrons. The molecular weight excluding hydrogens is 246 g/mol. The summed E-state index contributed by atoms with van der Waals surface area (Å²) in [7, 11) is 1.50. The van der Waals surface area contributed by atoms with Crippen molar-refractivity contribution in [3.8, 4) is 0 Å². The normalized spacial score (nSPS) is 10.3. The van der Waals surface area contributed by atoms with E-state index < -0.39 is 10.9 Å². The van der Waals surface area contributed by atoms with Gasteiger partial charge < -0.3 is 14.9 Å². The summed E-state index contributed by atoms with van der Waals surface area (Å²) in [6.45, 7) is 3.67. The maximum absolute atomic E-state index is 11.2. The Hall–Kier alpha value is -1.57. The minimum atomic E-state index is -0.506. The third-order valence-corrected chi connectivity index (χ3v) is 3.10. The number of esters is 1. The highest BCUT2D eigenvalue weighted by molar-refractivity contribution is 8.00. The Bertz CT molecular complexity index is 444. The zero-order chi connectivity index (χ0) is 13.0. The first-order chi connectivity index (χ1) is 7.97. The van der Waals surface area contributed by atoms with Crippen LogP contribution in [0.25, 0.3) is 0 Å². The van der Waals surface area contributed by atoms with Crippen LogP contribution in [0, 0.1) is 17.0 Å². The van der Waals surface area contributed by atoms with Crippen LogP contribution in [0.1, 0.15) is 12.6 Å². The smallest absolute Gasteiger partial charge is 0.358 e.